The number of carbonyl (C=O) groups is 2. The highest BCUT2D eigenvalue weighted by Gasteiger charge is 2.30. The number of ketones is 1. The summed E-state index contributed by atoms with van der Waals surface area (Å²) in [7, 11) is 0. The summed E-state index contributed by atoms with van der Waals surface area (Å²) in [6.45, 7) is 0.441. The number of carboxylic acids is 1. The summed E-state index contributed by atoms with van der Waals surface area (Å²) in [5, 5.41) is 8.86. The van der Waals surface area contributed by atoms with Crippen molar-refractivity contribution in [2.75, 3.05) is 0 Å². The van der Waals surface area contributed by atoms with Crippen molar-refractivity contribution in [1.29, 1.82) is 0 Å². The minimum absolute atomic E-state index is 0.137. The van der Waals surface area contributed by atoms with Crippen LogP contribution in [0.3, 0.4) is 0 Å². The predicted molar refractivity (Wildman–Crippen MR) is 71.9 cm³/mol. The molecule has 1 heterocycles. The van der Waals surface area contributed by atoms with Gasteiger partial charge in [-0.3, -0.25) is 9.59 Å². The summed E-state index contributed by atoms with van der Waals surface area (Å²) in [4.78, 5) is 23.2. The lowest BCUT2D eigenvalue weighted by molar-refractivity contribution is -0.139. The van der Waals surface area contributed by atoms with Crippen LogP contribution in [0.4, 0.5) is 0 Å². The number of hydrogen-bond acceptors (Lipinski definition) is 3. The molecule has 1 aromatic carbocycles. The molecule has 1 unspecified atom stereocenters. The van der Waals surface area contributed by atoms with Crippen LogP contribution in [0.15, 0.2) is 47.7 Å². The van der Waals surface area contributed by atoms with Crippen LogP contribution in [0.2, 0.25) is 0 Å². The summed E-state index contributed by atoms with van der Waals surface area (Å²) in [5.41, 5.74) is 2.72. The Hall–Kier alpha value is -2.36. The van der Waals surface area contributed by atoms with Gasteiger partial charge in [-0.05, 0) is 17.2 Å². The molecule has 0 spiro atoms. The molecule has 1 aliphatic carbocycles. The number of ether oxygens (including phenoxy) is 1. The summed E-state index contributed by atoms with van der Waals surface area (Å²) in [6.07, 6.45) is 3.69. The molecule has 2 aliphatic rings. The fraction of sp³-hybridized carbons (Fsp3) is 0.250. The van der Waals surface area contributed by atoms with Crippen LogP contribution in [0.25, 0.3) is 0 Å². The molecular weight excluding hydrogens is 256 g/mol. The Morgan fingerprint density at radius 1 is 1.30 bits per heavy atom. The maximum Gasteiger partial charge on any atom is 0.304 e. The predicted octanol–water partition coefficient (Wildman–Crippen LogP) is 2.24. The zero-order chi connectivity index (χ0) is 14.1. The zero-order valence-electron chi connectivity index (χ0n) is 10.8. The topological polar surface area (TPSA) is 63.6 Å². The van der Waals surface area contributed by atoms with Gasteiger partial charge < -0.3 is 9.84 Å². The molecule has 0 radical (unpaired) electrons. The summed E-state index contributed by atoms with van der Waals surface area (Å²) >= 11 is 0. The quantitative estimate of drug-likeness (QED) is 0.895. The van der Waals surface area contributed by atoms with E-state index in [-0.39, 0.29) is 12.2 Å². The SMILES string of the molecule is O=C(O)CC1C=CC2=C(Cc3ccccc3CO2)C1=O. The molecule has 0 saturated heterocycles. The van der Waals surface area contributed by atoms with Gasteiger partial charge in [-0.1, -0.05) is 30.3 Å². The second kappa shape index (κ2) is 4.96. The van der Waals surface area contributed by atoms with Gasteiger partial charge in [0.15, 0.2) is 5.78 Å². The molecule has 0 amide bonds. The van der Waals surface area contributed by atoms with Gasteiger partial charge >= 0.3 is 5.97 Å². The molecular formula is C16H14O4. The highest BCUT2D eigenvalue weighted by Crippen LogP contribution is 2.30. The standard InChI is InChI=1S/C16H14O4/c17-15(18)8-11-5-6-14-13(16(11)19)7-10-3-1-2-4-12(10)9-20-14/h1-6,11H,7-9H2,(H,17,18). The Morgan fingerprint density at radius 2 is 2.05 bits per heavy atom. The lowest BCUT2D eigenvalue weighted by Gasteiger charge is -2.18. The van der Waals surface area contributed by atoms with Gasteiger partial charge in [-0.2, -0.15) is 0 Å². The Balaban J connectivity index is 1.92. The lowest BCUT2D eigenvalue weighted by Crippen LogP contribution is -2.23. The fourth-order valence-electron chi connectivity index (χ4n) is 2.61. The number of Topliss-reactive ketones (excluding diaryl/α,β-unsaturated/α-hetero) is 1. The molecule has 1 aliphatic heterocycles. The largest absolute Gasteiger partial charge is 0.488 e. The first-order valence-electron chi connectivity index (χ1n) is 6.52. The van der Waals surface area contributed by atoms with E-state index in [4.69, 9.17) is 9.84 Å². The third-order valence-corrected chi connectivity index (χ3v) is 3.67. The van der Waals surface area contributed by atoms with Crippen LogP contribution in [-0.2, 0) is 27.4 Å². The van der Waals surface area contributed by atoms with Crippen LogP contribution in [-0.4, -0.2) is 16.9 Å². The van der Waals surface area contributed by atoms with E-state index in [1.807, 2.05) is 24.3 Å². The first kappa shape index (κ1) is 12.7. The van der Waals surface area contributed by atoms with Crippen molar-refractivity contribution in [3.8, 4) is 0 Å². The average Bonchev–Trinajstić information content (AvgIpc) is 2.61. The molecule has 3 rings (SSSR count). The first-order valence-corrected chi connectivity index (χ1v) is 6.52. The molecule has 1 N–H and O–H groups in total. The summed E-state index contributed by atoms with van der Waals surface area (Å²) in [5.74, 6) is -1.11. The second-order valence-corrected chi connectivity index (χ2v) is 5.00. The molecule has 0 fully saturated rings. The van der Waals surface area contributed by atoms with E-state index in [2.05, 4.69) is 0 Å². The number of rotatable bonds is 2. The van der Waals surface area contributed by atoms with Gasteiger partial charge in [-0.25, -0.2) is 0 Å². The van der Waals surface area contributed by atoms with Crippen molar-refractivity contribution >= 4 is 11.8 Å². The maximum absolute atomic E-state index is 12.4. The fourth-order valence-corrected chi connectivity index (χ4v) is 2.61. The van der Waals surface area contributed by atoms with E-state index in [9.17, 15) is 9.59 Å². The molecule has 20 heavy (non-hydrogen) atoms. The van der Waals surface area contributed by atoms with Gasteiger partial charge in [0.2, 0.25) is 0 Å². The van der Waals surface area contributed by atoms with Crippen molar-refractivity contribution in [3.05, 3.63) is 58.9 Å². The molecule has 1 atom stereocenters. The van der Waals surface area contributed by atoms with Crippen LogP contribution in [0.5, 0.6) is 0 Å². The van der Waals surface area contributed by atoms with E-state index >= 15 is 0 Å². The van der Waals surface area contributed by atoms with Crippen molar-refractivity contribution in [2.45, 2.75) is 19.4 Å². The van der Waals surface area contributed by atoms with Crippen molar-refractivity contribution in [1.82, 2.24) is 0 Å². The van der Waals surface area contributed by atoms with Crippen LogP contribution in [0.1, 0.15) is 17.5 Å². The van der Waals surface area contributed by atoms with E-state index in [1.54, 1.807) is 12.2 Å². The molecule has 1 aromatic rings. The van der Waals surface area contributed by atoms with Crippen molar-refractivity contribution < 1.29 is 19.4 Å². The Labute approximate surface area is 116 Å². The lowest BCUT2D eigenvalue weighted by atomic mass is 9.86. The molecule has 0 saturated carbocycles. The average molecular weight is 270 g/mol. The number of carbonyl (C=O) groups excluding carboxylic acids is 1. The number of hydrogen-bond donors (Lipinski definition) is 1. The molecule has 0 bridgehead atoms. The normalized spacial score (nSPS) is 20.8. The Morgan fingerprint density at radius 3 is 2.80 bits per heavy atom. The van der Waals surface area contributed by atoms with E-state index in [0.717, 1.165) is 11.1 Å². The molecule has 102 valence electrons. The zero-order valence-corrected chi connectivity index (χ0v) is 10.8. The minimum atomic E-state index is -0.966. The number of fused-ring (bicyclic) bond motifs is 1. The van der Waals surface area contributed by atoms with Gasteiger partial charge in [0.25, 0.3) is 0 Å². The van der Waals surface area contributed by atoms with E-state index in [0.29, 0.717) is 24.4 Å². The molecule has 4 nitrogen and oxygen atoms in total. The van der Waals surface area contributed by atoms with Crippen molar-refractivity contribution in [3.63, 3.8) is 0 Å². The Bertz CT molecular complexity index is 640. The Kier molecular flexibility index (Phi) is 3.14. The number of allylic oxidation sites excluding steroid dienone is 3. The smallest absolute Gasteiger partial charge is 0.304 e. The third kappa shape index (κ3) is 2.25. The third-order valence-electron chi connectivity index (χ3n) is 3.67. The number of aliphatic carboxylic acids is 1. The van der Waals surface area contributed by atoms with Gasteiger partial charge in [-0.15, -0.1) is 0 Å². The minimum Gasteiger partial charge on any atom is -0.488 e. The van der Waals surface area contributed by atoms with Crippen LogP contribution >= 0.6 is 0 Å². The summed E-state index contributed by atoms with van der Waals surface area (Å²) < 4.78 is 5.68. The number of benzene rings is 1. The van der Waals surface area contributed by atoms with Crippen LogP contribution < -0.4 is 0 Å². The highest BCUT2D eigenvalue weighted by molar-refractivity contribution is 6.02. The van der Waals surface area contributed by atoms with Gasteiger partial charge in [0.1, 0.15) is 12.4 Å². The monoisotopic (exact) mass is 270 g/mol. The molecule has 0 aromatic heterocycles. The maximum atomic E-state index is 12.4. The van der Waals surface area contributed by atoms with Gasteiger partial charge in [0.05, 0.1) is 12.3 Å². The van der Waals surface area contributed by atoms with E-state index in [1.165, 1.54) is 0 Å². The summed E-state index contributed by atoms with van der Waals surface area (Å²) in [6, 6.07) is 7.84. The second-order valence-electron chi connectivity index (χ2n) is 5.00. The van der Waals surface area contributed by atoms with Gasteiger partial charge in [0, 0.05) is 12.0 Å². The highest BCUT2D eigenvalue weighted by atomic mass is 16.5. The van der Waals surface area contributed by atoms with E-state index < -0.39 is 11.9 Å². The van der Waals surface area contributed by atoms with Crippen LogP contribution in [0, 0.1) is 5.92 Å². The number of carboxylic acid groups (broad SMARTS) is 1. The van der Waals surface area contributed by atoms with Crippen molar-refractivity contribution in [2.24, 2.45) is 5.92 Å². The first-order chi connectivity index (χ1) is 9.65. The molecule has 4 heteroatoms.